The molecule has 1 saturated heterocycles. The van der Waals surface area contributed by atoms with Gasteiger partial charge in [0.1, 0.15) is 5.75 Å². The first-order valence-corrected chi connectivity index (χ1v) is 9.47. The Kier molecular flexibility index (Phi) is 6.22. The minimum absolute atomic E-state index is 0.0399. The molecule has 1 aliphatic rings. The van der Waals surface area contributed by atoms with Crippen molar-refractivity contribution in [3.8, 4) is 5.75 Å². The van der Waals surface area contributed by atoms with Crippen LogP contribution in [0.25, 0.3) is 6.08 Å². The first kappa shape index (κ1) is 19.8. The number of thioether (sulfide) groups is 1. The number of halogens is 1. The van der Waals surface area contributed by atoms with Crippen LogP contribution in [0, 0.1) is 10.1 Å². The molecule has 2 aromatic carbocycles. The fraction of sp³-hybridized carbons (Fsp3) is 0.0556. The van der Waals surface area contributed by atoms with Gasteiger partial charge < -0.3 is 4.74 Å². The number of ether oxygens (including phenoxy) is 1. The van der Waals surface area contributed by atoms with Gasteiger partial charge in [-0.15, -0.1) is 5.10 Å². The van der Waals surface area contributed by atoms with Crippen LogP contribution in [0.2, 0.25) is 0 Å². The lowest BCUT2D eigenvalue weighted by molar-refractivity contribution is -0.384. The van der Waals surface area contributed by atoms with Crippen molar-refractivity contribution in [3.05, 3.63) is 73.1 Å². The molecule has 0 radical (unpaired) electrons. The Hall–Kier alpha value is -2.98. The summed E-state index contributed by atoms with van der Waals surface area (Å²) in [5.41, 5.74) is 1.32. The van der Waals surface area contributed by atoms with Crippen molar-refractivity contribution in [2.24, 2.45) is 10.2 Å². The van der Waals surface area contributed by atoms with Gasteiger partial charge in [-0.3, -0.25) is 20.2 Å². The van der Waals surface area contributed by atoms with E-state index in [0.29, 0.717) is 21.4 Å². The van der Waals surface area contributed by atoms with Crippen LogP contribution in [-0.4, -0.2) is 29.3 Å². The summed E-state index contributed by atoms with van der Waals surface area (Å²) in [4.78, 5) is 22.8. The molecule has 0 unspecified atom stereocenters. The maximum absolute atomic E-state index is 12.1. The lowest BCUT2D eigenvalue weighted by Crippen LogP contribution is -2.19. The summed E-state index contributed by atoms with van der Waals surface area (Å²) in [6.07, 6.45) is 3.12. The highest BCUT2D eigenvalue weighted by Crippen LogP contribution is 2.27. The Balaban J connectivity index is 1.72. The van der Waals surface area contributed by atoms with Gasteiger partial charge in [-0.2, -0.15) is 5.10 Å². The Labute approximate surface area is 172 Å². The van der Waals surface area contributed by atoms with Crippen LogP contribution >= 0.6 is 27.7 Å². The van der Waals surface area contributed by atoms with Crippen molar-refractivity contribution >= 4 is 56.7 Å². The van der Waals surface area contributed by atoms with Gasteiger partial charge in [-0.25, -0.2) is 0 Å². The van der Waals surface area contributed by atoms with Crippen LogP contribution < -0.4 is 10.1 Å². The third-order valence-corrected chi connectivity index (χ3v) is 5.08. The maximum Gasteiger partial charge on any atom is 0.270 e. The van der Waals surface area contributed by atoms with Gasteiger partial charge in [-0.05, 0) is 63.1 Å². The number of nitrogens with zero attached hydrogens (tertiary/aromatic N) is 3. The lowest BCUT2D eigenvalue weighted by Gasteiger charge is -2.02. The molecule has 1 heterocycles. The van der Waals surface area contributed by atoms with Crippen molar-refractivity contribution in [2.45, 2.75) is 0 Å². The van der Waals surface area contributed by atoms with Gasteiger partial charge in [0, 0.05) is 12.1 Å². The highest BCUT2D eigenvalue weighted by molar-refractivity contribution is 9.10. The number of amidine groups is 1. The molecule has 0 bridgehead atoms. The number of nitro benzene ring substituents is 1. The molecule has 8 nitrogen and oxygen atoms in total. The molecule has 1 N–H and O–H groups in total. The second kappa shape index (κ2) is 8.81. The summed E-state index contributed by atoms with van der Waals surface area (Å²) < 4.78 is 5.95. The first-order valence-electron chi connectivity index (χ1n) is 7.86. The molecule has 0 aromatic heterocycles. The smallest absolute Gasteiger partial charge is 0.270 e. The number of amides is 1. The molecule has 0 aliphatic carbocycles. The zero-order valence-electron chi connectivity index (χ0n) is 14.5. The summed E-state index contributed by atoms with van der Waals surface area (Å²) >= 11 is 4.50. The third kappa shape index (κ3) is 4.84. The second-order valence-electron chi connectivity index (χ2n) is 5.46. The predicted molar refractivity (Wildman–Crippen MR) is 113 cm³/mol. The summed E-state index contributed by atoms with van der Waals surface area (Å²) in [7, 11) is 1.58. The van der Waals surface area contributed by atoms with E-state index < -0.39 is 4.92 Å². The van der Waals surface area contributed by atoms with Crippen molar-refractivity contribution < 1.29 is 14.5 Å². The molecule has 142 valence electrons. The standard InChI is InChI=1S/C18H13BrN4O4S/c1-27-15-6-5-12(8-14(15)19)10-20-22-18-21-17(24)16(28-18)9-11-3-2-4-13(7-11)23(25)26/h2-10H,1H3,(H,21,22,24)/b16-9-,20-10+. The number of nitro groups is 1. The molecule has 10 heteroatoms. The monoisotopic (exact) mass is 460 g/mol. The number of hydrogen-bond acceptors (Lipinski definition) is 7. The number of methoxy groups -OCH3 is 1. The van der Waals surface area contributed by atoms with Crippen LogP contribution in [-0.2, 0) is 4.79 Å². The van der Waals surface area contributed by atoms with Gasteiger partial charge in [-0.1, -0.05) is 12.1 Å². The summed E-state index contributed by atoms with van der Waals surface area (Å²) in [6.45, 7) is 0. The average Bonchev–Trinajstić information content (AvgIpc) is 3.01. The van der Waals surface area contributed by atoms with E-state index in [1.165, 1.54) is 12.1 Å². The molecule has 28 heavy (non-hydrogen) atoms. The van der Waals surface area contributed by atoms with E-state index in [-0.39, 0.29) is 11.6 Å². The van der Waals surface area contributed by atoms with E-state index in [1.807, 2.05) is 12.1 Å². The van der Waals surface area contributed by atoms with Crippen LogP contribution in [0.1, 0.15) is 11.1 Å². The van der Waals surface area contributed by atoms with Gasteiger partial charge in [0.25, 0.3) is 11.6 Å². The number of rotatable bonds is 5. The SMILES string of the molecule is COc1ccc(/C=N/N=C2/NC(=O)/C(=C/c3cccc([N+](=O)[O-])c3)S2)cc1Br. The summed E-state index contributed by atoms with van der Waals surface area (Å²) in [6, 6.07) is 11.5. The topological polar surface area (TPSA) is 106 Å². The number of carbonyl (C=O) groups excluding carboxylic acids is 1. The number of nitrogens with one attached hydrogen (secondary N) is 1. The minimum atomic E-state index is -0.483. The molecule has 2 aromatic rings. The van der Waals surface area contributed by atoms with Gasteiger partial charge in [0.2, 0.25) is 0 Å². The van der Waals surface area contributed by atoms with Crippen LogP contribution in [0.5, 0.6) is 5.75 Å². The van der Waals surface area contributed by atoms with Crippen LogP contribution in [0.15, 0.2) is 62.0 Å². The second-order valence-corrected chi connectivity index (χ2v) is 7.35. The van der Waals surface area contributed by atoms with Crippen molar-refractivity contribution in [2.75, 3.05) is 7.11 Å². The Morgan fingerprint density at radius 3 is 2.79 bits per heavy atom. The molecule has 3 rings (SSSR count). The van der Waals surface area contributed by atoms with E-state index >= 15 is 0 Å². The Morgan fingerprint density at radius 2 is 2.07 bits per heavy atom. The molecular weight excluding hydrogens is 448 g/mol. The minimum Gasteiger partial charge on any atom is -0.496 e. The first-order chi connectivity index (χ1) is 13.5. The van der Waals surface area contributed by atoms with Gasteiger partial charge in [0.15, 0.2) is 5.17 Å². The van der Waals surface area contributed by atoms with E-state index in [4.69, 9.17) is 4.74 Å². The molecule has 1 amide bonds. The fourth-order valence-electron chi connectivity index (χ4n) is 2.27. The van der Waals surface area contributed by atoms with Crippen molar-refractivity contribution in [1.29, 1.82) is 0 Å². The largest absolute Gasteiger partial charge is 0.496 e. The highest BCUT2D eigenvalue weighted by atomic mass is 79.9. The van der Waals surface area contributed by atoms with Gasteiger partial charge in [0.05, 0.1) is 27.6 Å². The Morgan fingerprint density at radius 1 is 1.25 bits per heavy atom. The lowest BCUT2D eigenvalue weighted by atomic mass is 10.2. The number of non-ortho nitro benzene ring substituents is 1. The van der Waals surface area contributed by atoms with Crippen LogP contribution in [0.4, 0.5) is 5.69 Å². The quantitative estimate of drug-likeness (QED) is 0.314. The Bertz CT molecular complexity index is 1040. The molecule has 1 fully saturated rings. The summed E-state index contributed by atoms with van der Waals surface area (Å²) in [5, 5.41) is 21.8. The summed E-state index contributed by atoms with van der Waals surface area (Å²) in [5.74, 6) is 0.371. The normalized spacial score (nSPS) is 16.7. The van der Waals surface area contributed by atoms with Gasteiger partial charge >= 0.3 is 0 Å². The van der Waals surface area contributed by atoms with E-state index in [2.05, 4.69) is 31.4 Å². The van der Waals surface area contributed by atoms with Crippen LogP contribution in [0.3, 0.4) is 0 Å². The molecule has 1 aliphatic heterocycles. The molecular formula is C18H13BrN4O4S. The average molecular weight is 461 g/mol. The number of benzene rings is 2. The van der Waals surface area contributed by atoms with Crippen molar-refractivity contribution in [1.82, 2.24) is 5.32 Å². The predicted octanol–water partition coefficient (Wildman–Crippen LogP) is 3.96. The van der Waals surface area contributed by atoms with E-state index in [0.717, 1.165) is 21.8 Å². The molecule has 0 atom stereocenters. The zero-order chi connectivity index (χ0) is 20.1. The van der Waals surface area contributed by atoms with E-state index in [1.54, 1.807) is 37.6 Å². The number of hydrogen-bond donors (Lipinski definition) is 1. The maximum atomic E-state index is 12.1. The highest BCUT2D eigenvalue weighted by Gasteiger charge is 2.24. The zero-order valence-corrected chi connectivity index (χ0v) is 16.9. The fourth-order valence-corrected chi connectivity index (χ4v) is 3.60. The van der Waals surface area contributed by atoms with E-state index in [9.17, 15) is 14.9 Å². The number of carbonyl (C=O) groups is 1. The third-order valence-electron chi connectivity index (χ3n) is 3.56. The molecule has 0 spiro atoms. The molecule has 0 saturated carbocycles. The van der Waals surface area contributed by atoms with Crippen molar-refractivity contribution in [3.63, 3.8) is 0 Å².